The summed E-state index contributed by atoms with van der Waals surface area (Å²) >= 11 is 0. The average molecular weight is 555 g/mol. The van der Waals surface area contributed by atoms with E-state index in [1.165, 1.54) is 26.2 Å². The number of rotatable bonds is 12. The quantitative estimate of drug-likeness (QED) is 0.332. The Hall–Kier alpha value is -3.05. The zero-order valence-electron chi connectivity index (χ0n) is 22.0. The summed E-state index contributed by atoms with van der Waals surface area (Å²) in [5, 5.41) is 11.3. The van der Waals surface area contributed by atoms with Crippen LogP contribution in [0, 0.1) is 0 Å². The molecule has 1 heterocycles. The minimum absolute atomic E-state index is 0.0308. The Morgan fingerprint density at radius 3 is 1.90 bits per heavy atom. The van der Waals surface area contributed by atoms with Crippen LogP contribution in [0.5, 0.6) is 0 Å². The molecule has 9 heteroatoms. The van der Waals surface area contributed by atoms with Gasteiger partial charge in [0, 0.05) is 7.11 Å². The van der Waals surface area contributed by atoms with E-state index >= 15 is 0 Å². The van der Waals surface area contributed by atoms with Gasteiger partial charge in [-0.25, -0.2) is 8.42 Å². The molecule has 39 heavy (non-hydrogen) atoms. The molecule has 3 aromatic carbocycles. The third-order valence-electron chi connectivity index (χ3n) is 6.41. The lowest BCUT2D eigenvalue weighted by atomic mass is 9.98. The number of aliphatic hydroxyl groups excluding tert-OH is 1. The number of allylic oxidation sites excluding steroid dienone is 1. The fraction of sp³-hybridized carbons (Fsp3) is 0.333. The van der Waals surface area contributed by atoms with Crippen molar-refractivity contribution in [2.24, 2.45) is 0 Å². The highest BCUT2D eigenvalue weighted by Gasteiger charge is 2.47. The maximum absolute atomic E-state index is 12.8. The van der Waals surface area contributed by atoms with Gasteiger partial charge in [-0.3, -0.25) is 0 Å². The largest absolute Gasteiger partial charge is 0.497 e. The summed E-state index contributed by atoms with van der Waals surface area (Å²) in [4.78, 5) is 0.201. The van der Waals surface area contributed by atoms with Crippen LogP contribution < -0.4 is 0 Å². The maximum atomic E-state index is 12.8. The highest BCUT2D eigenvalue weighted by Crippen LogP contribution is 2.29. The topological polar surface area (TPSA) is 101 Å². The smallest absolute Gasteiger partial charge is 0.205 e. The number of benzene rings is 3. The van der Waals surface area contributed by atoms with Crippen molar-refractivity contribution in [1.82, 2.24) is 0 Å². The molecule has 1 aliphatic heterocycles. The Bertz CT molecular complexity index is 1280. The van der Waals surface area contributed by atoms with Crippen molar-refractivity contribution in [1.29, 1.82) is 0 Å². The molecular weight excluding hydrogens is 520 g/mol. The lowest BCUT2D eigenvalue weighted by Crippen LogP contribution is -2.60. The Kier molecular flexibility index (Phi) is 10.3. The molecule has 0 saturated carbocycles. The Labute approximate surface area is 229 Å². The number of hydrogen-bond donors (Lipinski definition) is 1. The van der Waals surface area contributed by atoms with Crippen molar-refractivity contribution in [3.8, 4) is 0 Å². The van der Waals surface area contributed by atoms with Gasteiger partial charge >= 0.3 is 0 Å². The summed E-state index contributed by atoms with van der Waals surface area (Å²) in [6.45, 7) is 1.84. The summed E-state index contributed by atoms with van der Waals surface area (Å²) in [6, 6.07) is 27.4. The van der Waals surface area contributed by atoms with E-state index in [0.29, 0.717) is 0 Å². The van der Waals surface area contributed by atoms with Crippen molar-refractivity contribution >= 4 is 9.84 Å². The summed E-state index contributed by atoms with van der Waals surface area (Å²) in [5.74, 6) is 0. The van der Waals surface area contributed by atoms with Crippen LogP contribution in [0.1, 0.15) is 18.1 Å². The molecule has 0 aliphatic carbocycles. The number of aliphatic hydroxyl groups is 1. The van der Waals surface area contributed by atoms with Crippen LogP contribution in [-0.4, -0.2) is 57.9 Å². The van der Waals surface area contributed by atoms with Gasteiger partial charge in [0.25, 0.3) is 0 Å². The van der Waals surface area contributed by atoms with Gasteiger partial charge in [-0.15, -0.1) is 0 Å². The fourth-order valence-electron chi connectivity index (χ4n) is 4.23. The predicted octanol–water partition coefficient (Wildman–Crippen LogP) is 4.24. The molecule has 0 spiro atoms. The van der Waals surface area contributed by atoms with Crippen LogP contribution in [0.2, 0.25) is 0 Å². The molecule has 1 aliphatic rings. The van der Waals surface area contributed by atoms with Gasteiger partial charge in [0.05, 0.1) is 29.3 Å². The van der Waals surface area contributed by atoms with E-state index in [9.17, 15) is 13.5 Å². The van der Waals surface area contributed by atoms with E-state index in [1.54, 1.807) is 18.2 Å². The molecule has 8 nitrogen and oxygen atoms in total. The van der Waals surface area contributed by atoms with Crippen LogP contribution in [0.4, 0.5) is 0 Å². The molecule has 0 bridgehead atoms. The molecular formula is C30H34O8S. The van der Waals surface area contributed by atoms with Gasteiger partial charge < -0.3 is 28.8 Å². The van der Waals surface area contributed by atoms with Gasteiger partial charge in [-0.2, -0.15) is 0 Å². The Morgan fingerprint density at radius 2 is 1.36 bits per heavy atom. The zero-order valence-corrected chi connectivity index (χ0v) is 22.8. The van der Waals surface area contributed by atoms with E-state index in [4.69, 9.17) is 23.7 Å². The first-order chi connectivity index (χ1) is 18.9. The number of methoxy groups -OCH3 is 1. The second-order valence-corrected chi connectivity index (χ2v) is 11.3. The number of hydrogen-bond acceptors (Lipinski definition) is 8. The number of ether oxygens (including phenoxy) is 5. The second-order valence-electron chi connectivity index (χ2n) is 9.17. The normalized spacial score (nSPS) is 23.9. The second kappa shape index (κ2) is 13.8. The lowest BCUT2D eigenvalue weighted by Gasteiger charge is -2.43. The van der Waals surface area contributed by atoms with Crippen LogP contribution >= 0.6 is 0 Å². The summed E-state index contributed by atoms with van der Waals surface area (Å²) < 4.78 is 55.1. The van der Waals surface area contributed by atoms with Crippen molar-refractivity contribution in [2.45, 2.75) is 55.7 Å². The third-order valence-corrected chi connectivity index (χ3v) is 8.25. The highest BCUT2D eigenvalue weighted by molar-refractivity contribution is 7.95. The Balaban J connectivity index is 1.47. The molecule has 208 valence electrons. The SMILES string of the molecule is CO[C@H]1O[C@H](CO/C=C(\C)S(=O)(=O)c2ccccc2)[C@@H](O)[C@H](OCc2ccccc2)[C@H]1OCc1ccccc1. The van der Waals surface area contributed by atoms with E-state index in [2.05, 4.69) is 0 Å². The van der Waals surface area contributed by atoms with Gasteiger partial charge in [0.2, 0.25) is 9.84 Å². The zero-order chi connectivity index (χ0) is 27.7. The average Bonchev–Trinajstić information content (AvgIpc) is 2.97. The van der Waals surface area contributed by atoms with Crippen LogP contribution in [0.3, 0.4) is 0 Å². The first-order valence-corrected chi connectivity index (χ1v) is 14.1. The molecule has 0 amide bonds. The third kappa shape index (κ3) is 7.54. The molecule has 1 N–H and O–H groups in total. The van der Waals surface area contributed by atoms with E-state index < -0.39 is 40.5 Å². The van der Waals surface area contributed by atoms with Gasteiger partial charge in [-0.05, 0) is 30.2 Å². The molecule has 0 unspecified atom stereocenters. The molecule has 1 saturated heterocycles. The lowest BCUT2D eigenvalue weighted by molar-refractivity contribution is -0.314. The van der Waals surface area contributed by atoms with E-state index in [-0.39, 0.29) is 29.6 Å². The van der Waals surface area contributed by atoms with Crippen molar-refractivity contribution < 1.29 is 37.2 Å². The molecule has 1 fully saturated rings. The summed E-state index contributed by atoms with van der Waals surface area (Å²) in [6.07, 6.45) is -3.24. The van der Waals surface area contributed by atoms with Crippen LogP contribution in [-0.2, 0) is 46.7 Å². The Morgan fingerprint density at radius 1 is 0.846 bits per heavy atom. The van der Waals surface area contributed by atoms with Gasteiger partial charge in [0.1, 0.15) is 31.0 Å². The number of sulfone groups is 1. The standard InChI is InChI=1S/C30H34O8S/c1-22(39(32,33)25-16-10-5-11-17-25)18-35-21-26-27(31)28(36-19-23-12-6-3-7-13-23)29(30(34-2)38-26)37-20-24-14-8-4-9-15-24/h3-18,26-31H,19-21H2,1-2H3/b22-18+/t26-,27-,28+,29-,30+/m1/s1. The maximum Gasteiger partial charge on any atom is 0.205 e. The van der Waals surface area contributed by atoms with E-state index in [0.717, 1.165) is 17.4 Å². The van der Waals surface area contributed by atoms with E-state index in [1.807, 2.05) is 60.7 Å². The monoisotopic (exact) mass is 554 g/mol. The molecule has 4 rings (SSSR count). The van der Waals surface area contributed by atoms with Gasteiger partial charge in [-0.1, -0.05) is 78.9 Å². The van der Waals surface area contributed by atoms with Gasteiger partial charge in [0.15, 0.2) is 6.29 Å². The predicted molar refractivity (Wildman–Crippen MR) is 145 cm³/mol. The molecule has 0 aromatic heterocycles. The minimum Gasteiger partial charge on any atom is -0.497 e. The first kappa shape index (κ1) is 28.9. The van der Waals surface area contributed by atoms with Crippen molar-refractivity contribution in [3.63, 3.8) is 0 Å². The van der Waals surface area contributed by atoms with Crippen molar-refractivity contribution in [3.05, 3.63) is 113 Å². The van der Waals surface area contributed by atoms with Crippen LogP contribution in [0.25, 0.3) is 0 Å². The van der Waals surface area contributed by atoms with Crippen LogP contribution in [0.15, 0.2) is 107 Å². The minimum atomic E-state index is -3.70. The molecule has 0 radical (unpaired) electrons. The first-order valence-electron chi connectivity index (χ1n) is 12.7. The fourth-order valence-corrected chi connectivity index (χ4v) is 5.31. The summed E-state index contributed by atoms with van der Waals surface area (Å²) in [5.41, 5.74) is 1.89. The molecule has 3 aromatic rings. The van der Waals surface area contributed by atoms with Crippen molar-refractivity contribution in [2.75, 3.05) is 13.7 Å². The molecule has 5 atom stereocenters. The summed E-state index contributed by atoms with van der Waals surface area (Å²) in [7, 11) is -2.21. The highest BCUT2D eigenvalue weighted by atomic mass is 32.2.